The number of carbonyl (C=O) groups is 1. The van der Waals surface area contributed by atoms with Crippen molar-refractivity contribution < 1.29 is 19.4 Å². The van der Waals surface area contributed by atoms with Gasteiger partial charge in [-0.15, -0.1) is 0 Å². The Bertz CT molecular complexity index is 603. The standard InChI is InChI=1S/C17H23NO4/c1-6-17(20)9-10-18(15(19)22-16(2,3)4)14-11-12(21-5)7-8-13(14)17/h7-11,20H,6H2,1-5H3. The monoisotopic (exact) mass is 305 g/mol. The van der Waals surface area contributed by atoms with Crippen LogP contribution in [0.3, 0.4) is 0 Å². The lowest BCUT2D eigenvalue weighted by Gasteiger charge is -2.35. The molecule has 1 aromatic rings. The van der Waals surface area contributed by atoms with Gasteiger partial charge in [-0.2, -0.15) is 0 Å². The topological polar surface area (TPSA) is 59.0 Å². The first-order chi connectivity index (χ1) is 10.2. The summed E-state index contributed by atoms with van der Waals surface area (Å²) in [6.07, 6.45) is 3.19. The molecule has 120 valence electrons. The number of benzene rings is 1. The van der Waals surface area contributed by atoms with Crippen LogP contribution in [0.4, 0.5) is 10.5 Å². The van der Waals surface area contributed by atoms with Crippen LogP contribution in [0.5, 0.6) is 5.75 Å². The van der Waals surface area contributed by atoms with Gasteiger partial charge in [-0.3, -0.25) is 4.90 Å². The predicted molar refractivity (Wildman–Crippen MR) is 85.0 cm³/mol. The van der Waals surface area contributed by atoms with E-state index in [9.17, 15) is 9.90 Å². The van der Waals surface area contributed by atoms with Gasteiger partial charge in [-0.25, -0.2) is 4.79 Å². The minimum Gasteiger partial charge on any atom is -0.497 e. The molecule has 1 unspecified atom stereocenters. The Balaban J connectivity index is 2.47. The van der Waals surface area contributed by atoms with Gasteiger partial charge >= 0.3 is 6.09 Å². The molecule has 1 amide bonds. The number of anilines is 1. The first-order valence-electron chi connectivity index (χ1n) is 7.32. The first kappa shape index (κ1) is 16.4. The van der Waals surface area contributed by atoms with Gasteiger partial charge in [-0.1, -0.05) is 13.0 Å². The largest absolute Gasteiger partial charge is 0.497 e. The van der Waals surface area contributed by atoms with Crippen molar-refractivity contribution >= 4 is 11.8 Å². The Morgan fingerprint density at radius 3 is 2.59 bits per heavy atom. The summed E-state index contributed by atoms with van der Waals surface area (Å²) in [5, 5.41) is 10.7. The number of methoxy groups -OCH3 is 1. The molecule has 22 heavy (non-hydrogen) atoms. The average molecular weight is 305 g/mol. The molecule has 0 aliphatic carbocycles. The normalized spacial score (nSPS) is 20.5. The van der Waals surface area contributed by atoms with E-state index in [-0.39, 0.29) is 0 Å². The molecule has 1 aliphatic heterocycles. The zero-order valence-electron chi connectivity index (χ0n) is 13.7. The zero-order valence-corrected chi connectivity index (χ0v) is 13.7. The third kappa shape index (κ3) is 3.09. The molecule has 1 aromatic carbocycles. The van der Waals surface area contributed by atoms with Gasteiger partial charge in [0.25, 0.3) is 0 Å². The number of rotatable bonds is 2. The second-order valence-electron chi connectivity index (χ2n) is 6.33. The van der Waals surface area contributed by atoms with Crippen LogP contribution in [0.15, 0.2) is 30.5 Å². The molecule has 5 heteroatoms. The molecule has 5 nitrogen and oxygen atoms in total. The van der Waals surface area contributed by atoms with Gasteiger partial charge < -0.3 is 14.6 Å². The molecule has 0 spiro atoms. The Kier molecular flexibility index (Phi) is 4.20. The maximum atomic E-state index is 12.4. The van der Waals surface area contributed by atoms with Crippen molar-refractivity contribution in [3.05, 3.63) is 36.0 Å². The minimum atomic E-state index is -1.10. The third-order valence-electron chi connectivity index (χ3n) is 3.56. The number of ether oxygens (including phenoxy) is 2. The number of hydrogen-bond acceptors (Lipinski definition) is 4. The van der Waals surface area contributed by atoms with E-state index in [0.29, 0.717) is 23.4 Å². The number of hydrogen-bond donors (Lipinski definition) is 1. The molecule has 1 heterocycles. The van der Waals surface area contributed by atoms with Gasteiger partial charge in [0.2, 0.25) is 0 Å². The highest BCUT2D eigenvalue weighted by molar-refractivity contribution is 5.92. The molecular formula is C17H23NO4. The quantitative estimate of drug-likeness (QED) is 0.907. The Labute approximate surface area is 131 Å². The summed E-state index contributed by atoms with van der Waals surface area (Å²) < 4.78 is 10.6. The zero-order chi connectivity index (χ0) is 16.5. The van der Waals surface area contributed by atoms with E-state index in [1.54, 1.807) is 37.6 Å². The molecular weight excluding hydrogens is 282 g/mol. The van der Waals surface area contributed by atoms with Crippen molar-refractivity contribution in [2.75, 3.05) is 12.0 Å². The van der Waals surface area contributed by atoms with E-state index in [4.69, 9.17) is 9.47 Å². The lowest BCUT2D eigenvalue weighted by Crippen LogP contribution is -2.38. The van der Waals surface area contributed by atoms with Crippen molar-refractivity contribution in [3.8, 4) is 5.75 Å². The summed E-state index contributed by atoms with van der Waals surface area (Å²) in [4.78, 5) is 13.8. The van der Waals surface area contributed by atoms with E-state index in [2.05, 4.69) is 0 Å². The average Bonchev–Trinajstić information content (AvgIpc) is 2.45. The fraction of sp³-hybridized carbons (Fsp3) is 0.471. The van der Waals surface area contributed by atoms with Crippen LogP contribution in [0.25, 0.3) is 0 Å². The van der Waals surface area contributed by atoms with Crippen LogP contribution < -0.4 is 9.64 Å². The highest BCUT2D eigenvalue weighted by Crippen LogP contribution is 2.40. The van der Waals surface area contributed by atoms with Crippen LogP contribution in [0, 0.1) is 0 Å². The molecule has 0 aromatic heterocycles. The van der Waals surface area contributed by atoms with Crippen LogP contribution in [-0.4, -0.2) is 23.9 Å². The Morgan fingerprint density at radius 1 is 1.36 bits per heavy atom. The van der Waals surface area contributed by atoms with Crippen molar-refractivity contribution in [1.29, 1.82) is 0 Å². The first-order valence-corrected chi connectivity index (χ1v) is 7.32. The van der Waals surface area contributed by atoms with E-state index in [1.165, 1.54) is 4.90 Å². The molecule has 1 N–H and O–H groups in total. The second-order valence-corrected chi connectivity index (χ2v) is 6.33. The van der Waals surface area contributed by atoms with Crippen LogP contribution >= 0.6 is 0 Å². The van der Waals surface area contributed by atoms with Gasteiger partial charge in [0.1, 0.15) is 17.0 Å². The minimum absolute atomic E-state index is 0.489. The molecule has 0 saturated carbocycles. The van der Waals surface area contributed by atoms with E-state index < -0.39 is 17.3 Å². The summed E-state index contributed by atoms with van der Waals surface area (Å²) in [6, 6.07) is 5.27. The van der Waals surface area contributed by atoms with Crippen molar-refractivity contribution in [1.82, 2.24) is 0 Å². The maximum Gasteiger partial charge on any atom is 0.418 e. The van der Waals surface area contributed by atoms with Gasteiger partial charge in [0, 0.05) is 17.8 Å². The van der Waals surface area contributed by atoms with E-state index in [1.807, 2.05) is 27.7 Å². The van der Waals surface area contributed by atoms with E-state index in [0.717, 1.165) is 0 Å². The fourth-order valence-corrected chi connectivity index (χ4v) is 2.35. The summed E-state index contributed by atoms with van der Waals surface area (Å²) in [6.45, 7) is 7.33. The fourth-order valence-electron chi connectivity index (χ4n) is 2.35. The smallest absolute Gasteiger partial charge is 0.418 e. The van der Waals surface area contributed by atoms with Gasteiger partial charge in [0.05, 0.1) is 12.8 Å². The summed E-state index contributed by atoms with van der Waals surface area (Å²) in [5.74, 6) is 0.612. The highest BCUT2D eigenvalue weighted by atomic mass is 16.6. The summed E-state index contributed by atoms with van der Waals surface area (Å²) >= 11 is 0. The molecule has 0 bridgehead atoms. The number of fused-ring (bicyclic) bond motifs is 1. The molecule has 0 radical (unpaired) electrons. The van der Waals surface area contributed by atoms with Crippen molar-refractivity contribution in [3.63, 3.8) is 0 Å². The number of aliphatic hydroxyl groups is 1. The number of carbonyl (C=O) groups excluding carboxylic acids is 1. The molecule has 1 aliphatic rings. The summed E-state index contributed by atoms with van der Waals surface area (Å²) in [5.41, 5.74) is -0.465. The predicted octanol–water partition coefficient (Wildman–Crippen LogP) is 3.56. The lowest BCUT2D eigenvalue weighted by atomic mass is 9.87. The third-order valence-corrected chi connectivity index (χ3v) is 3.56. The number of amides is 1. The maximum absolute atomic E-state index is 12.4. The van der Waals surface area contributed by atoms with Crippen molar-refractivity contribution in [2.24, 2.45) is 0 Å². The molecule has 1 atom stereocenters. The van der Waals surface area contributed by atoms with Crippen LogP contribution in [0.1, 0.15) is 39.7 Å². The SMILES string of the molecule is CCC1(O)C=CN(C(=O)OC(C)(C)C)c2cc(OC)ccc21. The lowest BCUT2D eigenvalue weighted by molar-refractivity contribution is 0.0580. The van der Waals surface area contributed by atoms with E-state index >= 15 is 0 Å². The van der Waals surface area contributed by atoms with Crippen LogP contribution in [-0.2, 0) is 10.3 Å². The second kappa shape index (κ2) is 5.65. The van der Waals surface area contributed by atoms with Crippen LogP contribution in [0.2, 0.25) is 0 Å². The van der Waals surface area contributed by atoms with Gasteiger partial charge in [-0.05, 0) is 39.3 Å². The Hall–Kier alpha value is -2.01. The molecule has 0 saturated heterocycles. The molecule has 2 rings (SSSR count). The highest BCUT2D eigenvalue weighted by Gasteiger charge is 2.35. The Morgan fingerprint density at radius 2 is 2.05 bits per heavy atom. The number of nitrogens with zero attached hydrogens (tertiary/aromatic N) is 1. The summed E-state index contributed by atoms with van der Waals surface area (Å²) in [7, 11) is 1.56. The molecule has 0 fully saturated rings. The van der Waals surface area contributed by atoms with Crippen molar-refractivity contribution in [2.45, 2.75) is 45.3 Å². The van der Waals surface area contributed by atoms with Gasteiger partial charge in [0.15, 0.2) is 0 Å².